The zero-order chi connectivity index (χ0) is 12.2. The molecule has 0 radical (unpaired) electrons. The van der Waals surface area contributed by atoms with E-state index < -0.39 is 10.1 Å². The van der Waals surface area contributed by atoms with Crippen LogP contribution in [0.15, 0.2) is 29.2 Å². The van der Waals surface area contributed by atoms with Gasteiger partial charge in [0.1, 0.15) is 0 Å². The summed E-state index contributed by atoms with van der Waals surface area (Å²) in [6.07, 6.45) is 0. The Labute approximate surface area is 99.9 Å². The van der Waals surface area contributed by atoms with Gasteiger partial charge in [-0.1, -0.05) is 35.5 Å². The van der Waals surface area contributed by atoms with Crippen molar-refractivity contribution in [2.45, 2.75) is 18.7 Å². The van der Waals surface area contributed by atoms with Gasteiger partial charge < -0.3 is 0 Å². The topological polar surface area (TPSA) is 67.4 Å². The van der Waals surface area contributed by atoms with E-state index in [-0.39, 0.29) is 4.90 Å². The van der Waals surface area contributed by atoms with Gasteiger partial charge in [0.05, 0.1) is 9.88 Å². The first-order chi connectivity index (χ1) is 7.42. The lowest BCUT2D eigenvalue weighted by Crippen LogP contribution is -2.36. The fourth-order valence-corrected chi connectivity index (χ4v) is 1.66. The normalized spacial score (nSPS) is 11.1. The fraction of sp³-hybridized carbons (Fsp3) is 0.222. The number of rotatable bonds is 4. The maximum absolute atomic E-state index is 11.6. The third-order valence-electron chi connectivity index (χ3n) is 1.69. The van der Waals surface area contributed by atoms with E-state index in [9.17, 15) is 8.42 Å². The van der Waals surface area contributed by atoms with Crippen LogP contribution in [0.4, 0.5) is 0 Å². The monoisotopic (exact) mass is 260 g/mol. The van der Waals surface area contributed by atoms with Crippen molar-refractivity contribution in [2.75, 3.05) is 0 Å². The highest BCUT2D eigenvalue weighted by Gasteiger charge is 2.14. The van der Waals surface area contributed by atoms with Crippen LogP contribution in [0.3, 0.4) is 0 Å². The van der Waals surface area contributed by atoms with Crippen molar-refractivity contribution in [1.29, 1.82) is 0 Å². The Bertz CT molecular complexity index is 468. The minimum absolute atomic E-state index is 0.0782. The fourth-order valence-electron chi connectivity index (χ4n) is 0.901. The van der Waals surface area contributed by atoms with Crippen molar-refractivity contribution in [3.63, 3.8) is 0 Å². The average molecular weight is 260 g/mol. The molecule has 1 rings (SSSR count). The Kier molecular flexibility index (Phi) is 4.36. The molecule has 0 amide bonds. The molecule has 0 saturated carbocycles. The van der Waals surface area contributed by atoms with E-state index in [0.29, 0.717) is 4.99 Å². The molecule has 1 aromatic carbocycles. The van der Waals surface area contributed by atoms with Crippen molar-refractivity contribution < 1.29 is 12.7 Å². The highest BCUT2D eigenvalue weighted by Crippen LogP contribution is 2.11. The van der Waals surface area contributed by atoms with E-state index in [1.54, 1.807) is 19.1 Å². The molecule has 5 nitrogen and oxygen atoms in total. The maximum atomic E-state index is 11.6. The number of benzene rings is 1. The first-order valence-corrected chi connectivity index (χ1v) is 6.25. The number of thiocarbonyl (C=S) groups is 1. The maximum Gasteiger partial charge on any atom is 0.314 e. The Hall–Kier alpha value is -1.02. The van der Waals surface area contributed by atoms with Crippen LogP contribution in [0.5, 0.6) is 0 Å². The molecule has 0 aliphatic heterocycles. The lowest BCUT2D eigenvalue weighted by atomic mass is 10.2. The van der Waals surface area contributed by atoms with Gasteiger partial charge in [0, 0.05) is 0 Å². The van der Waals surface area contributed by atoms with Gasteiger partial charge >= 0.3 is 10.1 Å². The van der Waals surface area contributed by atoms with E-state index >= 15 is 0 Å². The third-order valence-corrected chi connectivity index (χ3v) is 2.94. The molecule has 1 aromatic rings. The summed E-state index contributed by atoms with van der Waals surface area (Å²) in [5.74, 6) is 0. The molecule has 0 unspecified atom stereocenters. The van der Waals surface area contributed by atoms with Crippen LogP contribution in [0.1, 0.15) is 12.5 Å². The summed E-state index contributed by atoms with van der Waals surface area (Å²) >= 11 is 4.67. The standard InChI is InChI=1S/C9H12N2O3S2/c1-7-3-5-9(6-4-7)16(12,13)14-11-10-8(2)15/h3-6,11H,1-2H3,(H,10,15). The molecule has 7 heteroatoms. The summed E-state index contributed by atoms with van der Waals surface area (Å²) in [7, 11) is -3.81. The molecule has 0 aliphatic carbocycles. The average Bonchev–Trinajstić information content (AvgIpc) is 2.17. The first kappa shape index (κ1) is 13.0. The molecule has 0 spiro atoms. The molecule has 88 valence electrons. The van der Waals surface area contributed by atoms with Gasteiger partial charge in [-0.05, 0) is 26.0 Å². The van der Waals surface area contributed by atoms with Crippen molar-refractivity contribution >= 4 is 27.3 Å². The number of hydrogen-bond donors (Lipinski definition) is 2. The summed E-state index contributed by atoms with van der Waals surface area (Å²) < 4.78 is 27.6. The van der Waals surface area contributed by atoms with Crippen molar-refractivity contribution in [1.82, 2.24) is 11.0 Å². The molecule has 16 heavy (non-hydrogen) atoms. The summed E-state index contributed by atoms with van der Waals surface area (Å²) in [5.41, 5.74) is 5.39. The zero-order valence-corrected chi connectivity index (χ0v) is 10.5. The lowest BCUT2D eigenvalue weighted by molar-refractivity contribution is 0.183. The van der Waals surface area contributed by atoms with Crippen molar-refractivity contribution in [2.24, 2.45) is 0 Å². The Morgan fingerprint density at radius 2 is 1.88 bits per heavy atom. The summed E-state index contributed by atoms with van der Waals surface area (Å²) in [5, 5.41) is 0. The van der Waals surface area contributed by atoms with E-state index in [0.717, 1.165) is 5.56 Å². The second-order valence-corrected chi connectivity index (χ2v) is 5.29. The molecule has 0 aliphatic rings. The molecular formula is C9H12N2O3S2. The van der Waals surface area contributed by atoms with Crippen molar-refractivity contribution in [3.05, 3.63) is 29.8 Å². The molecule has 0 heterocycles. The predicted molar refractivity (Wildman–Crippen MR) is 64.0 cm³/mol. The Morgan fingerprint density at radius 1 is 1.31 bits per heavy atom. The van der Waals surface area contributed by atoms with Crippen LogP contribution in [-0.4, -0.2) is 13.4 Å². The highest BCUT2D eigenvalue weighted by molar-refractivity contribution is 7.86. The number of aryl methyl sites for hydroxylation is 1. The van der Waals surface area contributed by atoms with Gasteiger partial charge in [0.25, 0.3) is 0 Å². The van der Waals surface area contributed by atoms with Gasteiger partial charge in [-0.2, -0.15) is 12.7 Å². The zero-order valence-electron chi connectivity index (χ0n) is 8.85. The molecule has 2 N–H and O–H groups in total. The highest BCUT2D eigenvalue weighted by atomic mass is 32.2. The van der Waals surface area contributed by atoms with E-state index in [2.05, 4.69) is 27.5 Å². The van der Waals surface area contributed by atoms with Crippen LogP contribution in [0.25, 0.3) is 0 Å². The Morgan fingerprint density at radius 3 is 2.38 bits per heavy atom. The van der Waals surface area contributed by atoms with Crippen LogP contribution >= 0.6 is 12.2 Å². The number of hydrogen-bond acceptors (Lipinski definition) is 5. The molecule has 0 bridgehead atoms. The van der Waals surface area contributed by atoms with E-state index in [1.807, 2.05) is 6.92 Å². The second-order valence-electron chi connectivity index (χ2n) is 3.13. The summed E-state index contributed by atoms with van der Waals surface area (Å²) in [4.78, 5) is 0.452. The van der Waals surface area contributed by atoms with Crippen LogP contribution in [-0.2, 0) is 14.4 Å². The van der Waals surface area contributed by atoms with Gasteiger partial charge in [0.15, 0.2) is 0 Å². The van der Waals surface area contributed by atoms with Gasteiger partial charge in [0.2, 0.25) is 0 Å². The predicted octanol–water partition coefficient (Wildman–Crippen LogP) is 1.06. The minimum atomic E-state index is -3.81. The van der Waals surface area contributed by atoms with Crippen LogP contribution in [0, 0.1) is 6.92 Å². The summed E-state index contributed by atoms with van der Waals surface area (Å²) in [6, 6.07) is 6.31. The van der Waals surface area contributed by atoms with Crippen molar-refractivity contribution in [3.8, 4) is 0 Å². The number of nitrogens with one attached hydrogen (secondary N) is 2. The first-order valence-electron chi connectivity index (χ1n) is 4.43. The van der Waals surface area contributed by atoms with Crippen LogP contribution < -0.4 is 11.0 Å². The Balaban J connectivity index is 2.71. The SMILES string of the molecule is CC(=S)NNOS(=O)(=O)c1ccc(C)cc1. The minimum Gasteiger partial charge on any atom is -0.292 e. The third kappa shape index (κ3) is 3.86. The lowest BCUT2D eigenvalue weighted by Gasteiger charge is -2.07. The van der Waals surface area contributed by atoms with Gasteiger partial charge in [-0.3, -0.25) is 5.43 Å². The molecule has 0 atom stereocenters. The molecular weight excluding hydrogens is 248 g/mol. The quantitative estimate of drug-likeness (QED) is 0.623. The molecule has 0 fully saturated rings. The largest absolute Gasteiger partial charge is 0.314 e. The molecule has 0 saturated heterocycles. The summed E-state index contributed by atoms with van der Waals surface area (Å²) in [6.45, 7) is 3.46. The second kappa shape index (κ2) is 5.35. The van der Waals surface area contributed by atoms with Crippen LogP contribution in [0.2, 0.25) is 0 Å². The van der Waals surface area contributed by atoms with E-state index in [1.165, 1.54) is 12.1 Å². The smallest absolute Gasteiger partial charge is 0.292 e. The molecule has 0 aromatic heterocycles. The van der Waals surface area contributed by atoms with Gasteiger partial charge in [-0.25, -0.2) is 0 Å². The van der Waals surface area contributed by atoms with Gasteiger partial charge in [-0.15, -0.1) is 0 Å². The van der Waals surface area contributed by atoms with E-state index in [4.69, 9.17) is 0 Å². The number of hydrazine groups is 1.